The van der Waals surface area contributed by atoms with Crippen LogP contribution in [0, 0.1) is 0 Å². The maximum Gasteiger partial charge on any atom is 0.0763 e. The van der Waals surface area contributed by atoms with Crippen LogP contribution in [0.4, 0.5) is 0 Å². The molecule has 0 saturated carbocycles. The van der Waals surface area contributed by atoms with Gasteiger partial charge in [-0.05, 0) is 18.4 Å². The average molecular weight is 174 g/mol. The third kappa shape index (κ3) is 2.43. The molecule has 1 heteroatoms. The Labute approximate surface area is 79.0 Å². The van der Waals surface area contributed by atoms with Crippen molar-refractivity contribution in [3.05, 3.63) is 48.0 Å². The second kappa shape index (κ2) is 4.24. The van der Waals surface area contributed by atoms with Crippen LogP contribution in [-0.2, 0) is 11.3 Å². The highest BCUT2D eigenvalue weighted by Crippen LogP contribution is 2.14. The maximum atomic E-state index is 5.70. The van der Waals surface area contributed by atoms with Crippen molar-refractivity contribution in [1.82, 2.24) is 0 Å². The summed E-state index contributed by atoms with van der Waals surface area (Å²) in [7, 11) is 0. The number of allylic oxidation sites excluding steroid dienone is 1. The van der Waals surface area contributed by atoms with Crippen LogP contribution >= 0.6 is 0 Å². The highest BCUT2D eigenvalue weighted by Gasteiger charge is 2.08. The summed E-state index contributed by atoms with van der Waals surface area (Å²) in [5, 5.41) is 0. The summed E-state index contributed by atoms with van der Waals surface area (Å²) in [6, 6.07) is 10.3. The van der Waals surface area contributed by atoms with Gasteiger partial charge in [0.2, 0.25) is 0 Å². The van der Waals surface area contributed by atoms with Gasteiger partial charge in [-0.1, -0.05) is 42.5 Å². The molecule has 0 aliphatic heterocycles. The highest BCUT2D eigenvalue weighted by atomic mass is 16.5. The molecule has 0 spiro atoms. The number of hydrogen-bond donors (Lipinski definition) is 0. The van der Waals surface area contributed by atoms with E-state index in [0.29, 0.717) is 6.10 Å². The Balaban J connectivity index is 1.82. The van der Waals surface area contributed by atoms with E-state index in [4.69, 9.17) is 4.74 Å². The van der Waals surface area contributed by atoms with Crippen LogP contribution < -0.4 is 0 Å². The van der Waals surface area contributed by atoms with Gasteiger partial charge >= 0.3 is 0 Å². The first kappa shape index (κ1) is 8.52. The van der Waals surface area contributed by atoms with E-state index in [1.165, 1.54) is 12.0 Å². The van der Waals surface area contributed by atoms with Gasteiger partial charge in [0.05, 0.1) is 12.7 Å². The highest BCUT2D eigenvalue weighted by molar-refractivity contribution is 5.13. The molecule has 2 rings (SSSR count). The maximum absolute atomic E-state index is 5.70. The fraction of sp³-hybridized carbons (Fsp3) is 0.333. The lowest BCUT2D eigenvalue weighted by Crippen LogP contribution is -2.05. The van der Waals surface area contributed by atoms with Crippen molar-refractivity contribution >= 4 is 0 Å². The molecular formula is C12H14O. The van der Waals surface area contributed by atoms with Gasteiger partial charge < -0.3 is 4.74 Å². The molecule has 13 heavy (non-hydrogen) atoms. The summed E-state index contributed by atoms with van der Waals surface area (Å²) >= 11 is 0. The van der Waals surface area contributed by atoms with Crippen LogP contribution in [0.2, 0.25) is 0 Å². The summed E-state index contributed by atoms with van der Waals surface area (Å²) in [5.41, 5.74) is 1.25. The summed E-state index contributed by atoms with van der Waals surface area (Å²) in [6.45, 7) is 0.732. The molecule has 0 unspecified atom stereocenters. The van der Waals surface area contributed by atoms with E-state index in [-0.39, 0.29) is 0 Å². The van der Waals surface area contributed by atoms with Crippen LogP contribution in [0.25, 0.3) is 0 Å². The zero-order chi connectivity index (χ0) is 8.93. The lowest BCUT2D eigenvalue weighted by molar-refractivity contribution is 0.0721. The van der Waals surface area contributed by atoms with Gasteiger partial charge in [-0.15, -0.1) is 0 Å². The number of benzene rings is 1. The summed E-state index contributed by atoms with van der Waals surface area (Å²) in [4.78, 5) is 0. The van der Waals surface area contributed by atoms with Crippen LogP contribution in [0.3, 0.4) is 0 Å². The van der Waals surface area contributed by atoms with Gasteiger partial charge in [-0.3, -0.25) is 0 Å². The first-order valence-corrected chi connectivity index (χ1v) is 4.77. The number of rotatable bonds is 3. The van der Waals surface area contributed by atoms with E-state index >= 15 is 0 Å². The Morgan fingerprint density at radius 3 is 2.77 bits per heavy atom. The largest absolute Gasteiger partial charge is 0.369 e. The van der Waals surface area contributed by atoms with Crippen molar-refractivity contribution in [2.75, 3.05) is 0 Å². The molecular weight excluding hydrogens is 160 g/mol. The van der Waals surface area contributed by atoms with Crippen molar-refractivity contribution in [2.24, 2.45) is 0 Å². The van der Waals surface area contributed by atoms with Crippen molar-refractivity contribution < 1.29 is 4.74 Å². The third-order valence-corrected chi connectivity index (χ3v) is 2.28. The predicted molar refractivity (Wildman–Crippen MR) is 53.4 cm³/mol. The molecule has 1 atom stereocenters. The zero-order valence-electron chi connectivity index (χ0n) is 7.65. The Morgan fingerprint density at radius 2 is 2.08 bits per heavy atom. The van der Waals surface area contributed by atoms with Crippen molar-refractivity contribution in [1.29, 1.82) is 0 Å². The van der Waals surface area contributed by atoms with Gasteiger partial charge in [0.15, 0.2) is 0 Å². The van der Waals surface area contributed by atoms with Crippen molar-refractivity contribution in [3.8, 4) is 0 Å². The quantitative estimate of drug-likeness (QED) is 0.640. The second-order valence-corrected chi connectivity index (χ2v) is 3.34. The van der Waals surface area contributed by atoms with Crippen LogP contribution in [0.5, 0.6) is 0 Å². The molecule has 1 aliphatic rings. The lowest BCUT2D eigenvalue weighted by Gasteiger charge is -2.09. The molecule has 0 heterocycles. The molecule has 68 valence electrons. The molecule has 1 aliphatic carbocycles. The van der Waals surface area contributed by atoms with Crippen LogP contribution in [-0.4, -0.2) is 6.10 Å². The molecule has 1 nitrogen and oxygen atoms in total. The van der Waals surface area contributed by atoms with Crippen molar-refractivity contribution in [2.45, 2.75) is 25.6 Å². The van der Waals surface area contributed by atoms with Gasteiger partial charge in [-0.25, -0.2) is 0 Å². The number of hydrogen-bond acceptors (Lipinski definition) is 1. The first-order valence-electron chi connectivity index (χ1n) is 4.77. The predicted octanol–water partition coefficient (Wildman–Crippen LogP) is 2.92. The fourth-order valence-corrected chi connectivity index (χ4v) is 1.52. The Bertz CT molecular complexity index is 276. The molecule has 0 bridgehead atoms. The lowest BCUT2D eigenvalue weighted by atomic mass is 10.2. The standard InChI is InChI=1S/C12H14O/c1-2-6-11(7-3-1)10-13-12-8-4-5-9-12/h1-4,6-8,12H,5,9-10H2/t12-/m1/s1. The fourth-order valence-electron chi connectivity index (χ4n) is 1.52. The molecule has 1 aromatic carbocycles. The Kier molecular flexibility index (Phi) is 2.78. The Hall–Kier alpha value is -1.08. The molecule has 0 fully saturated rings. The monoisotopic (exact) mass is 174 g/mol. The van der Waals surface area contributed by atoms with E-state index in [1.54, 1.807) is 0 Å². The minimum atomic E-state index is 0.347. The molecule has 0 radical (unpaired) electrons. The second-order valence-electron chi connectivity index (χ2n) is 3.34. The van der Waals surface area contributed by atoms with Gasteiger partial charge in [0, 0.05) is 0 Å². The van der Waals surface area contributed by atoms with Crippen molar-refractivity contribution in [3.63, 3.8) is 0 Å². The van der Waals surface area contributed by atoms with E-state index in [0.717, 1.165) is 13.0 Å². The SMILES string of the molecule is C1=C[C@@H](OCc2ccccc2)CC1. The third-order valence-electron chi connectivity index (χ3n) is 2.28. The van der Waals surface area contributed by atoms with Gasteiger partial charge in [0.1, 0.15) is 0 Å². The Morgan fingerprint density at radius 1 is 1.23 bits per heavy atom. The first-order chi connectivity index (χ1) is 6.45. The summed E-state index contributed by atoms with van der Waals surface area (Å²) in [6.07, 6.45) is 7.01. The normalized spacial score (nSPS) is 20.8. The van der Waals surface area contributed by atoms with E-state index in [1.807, 2.05) is 18.2 Å². The van der Waals surface area contributed by atoms with E-state index < -0.39 is 0 Å². The molecule has 1 aromatic rings. The smallest absolute Gasteiger partial charge is 0.0763 e. The zero-order valence-corrected chi connectivity index (χ0v) is 7.65. The summed E-state index contributed by atoms with van der Waals surface area (Å²) < 4.78 is 5.70. The minimum Gasteiger partial charge on any atom is -0.369 e. The number of ether oxygens (including phenoxy) is 1. The van der Waals surface area contributed by atoms with Crippen LogP contribution in [0.1, 0.15) is 18.4 Å². The molecule has 0 amide bonds. The minimum absolute atomic E-state index is 0.347. The van der Waals surface area contributed by atoms with Gasteiger partial charge in [0.25, 0.3) is 0 Å². The van der Waals surface area contributed by atoms with Crippen LogP contribution in [0.15, 0.2) is 42.5 Å². The van der Waals surface area contributed by atoms with E-state index in [9.17, 15) is 0 Å². The molecule has 0 aromatic heterocycles. The molecule has 0 N–H and O–H groups in total. The summed E-state index contributed by atoms with van der Waals surface area (Å²) in [5.74, 6) is 0. The van der Waals surface area contributed by atoms with E-state index in [2.05, 4.69) is 24.3 Å². The average Bonchev–Trinajstić information content (AvgIpc) is 2.69. The van der Waals surface area contributed by atoms with Gasteiger partial charge in [-0.2, -0.15) is 0 Å². The molecule has 0 saturated heterocycles. The topological polar surface area (TPSA) is 9.23 Å².